The van der Waals surface area contributed by atoms with Gasteiger partial charge in [-0.2, -0.15) is 0 Å². The maximum atomic E-state index is 12.3. The molecule has 2 aromatic carbocycles. The molecule has 0 heterocycles. The molecule has 1 N–H and O–H groups in total. The van der Waals surface area contributed by atoms with Crippen LogP contribution in [0.3, 0.4) is 0 Å². The van der Waals surface area contributed by atoms with E-state index in [1.54, 1.807) is 12.1 Å². The number of fused-ring (bicyclic) bond motifs is 1. The number of hydrogen-bond acceptors (Lipinski definition) is 7. The summed E-state index contributed by atoms with van der Waals surface area (Å²) in [4.78, 5) is 48.2. The third-order valence-corrected chi connectivity index (χ3v) is 4.79. The van der Waals surface area contributed by atoms with E-state index in [-0.39, 0.29) is 16.8 Å². The molecule has 0 aromatic heterocycles. The summed E-state index contributed by atoms with van der Waals surface area (Å²) >= 11 is 0. The van der Waals surface area contributed by atoms with Gasteiger partial charge in [0.2, 0.25) is 0 Å². The van der Waals surface area contributed by atoms with Gasteiger partial charge in [0.15, 0.2) is 6.61 Å². The molecule has 0 bridgehead atoms. The molecule has 0 spiro atoms. The number of carbonyl (C=O) groups is 4. The molecule has 8 heteroatoms. The first-order valence-electron chi connectivity index (χ1n) is 9.32. The third kappa shape index (κ3) is 4.65. The molecule has 0 saturated heterocycles. The molecule has 0 radical (unpaired) electrons. The molecule has 0 saturated carbocycles. The summed E-state index contributed by atoms with van der Waals surface area (Å²) in [6.45, 7) is -0.557. The van der Waals surface area contributed by atoms with E-state index >= 15 is 0 Å². The third-order valence-electron chi connectivity index (χ3n) is 4.79. The molecule has 1 aliphatic carbocycles. The van der Waals surface area contributed by atoms with E-state index < -0.39 is 30.4 Å². The summed E-state index contributed by atoms with van der Waals surface area (Å²) in [7, 11) is 2.41. The van der Waals surface area contributed by atoms with Gasteiger partial charge in [-0.3, -0.25) is 4.79 Å². The number of anilines is 1. The fourth-order valence-electron chi connectivity index (χ4n) is 3.28. The Hall–Kier alpha value is -3.68. The molecule has 0 aliphatic heterocycles. The summed E-state index contributed by atoms with van der Waals surface area (Å²) in [5.41, 5.74) is 2.95. The SMILES string of the molecule is COC(=O)c1ccc(C(=O)OC)c(NC(=O)COC(=O)c2ccc3c(c2)CCC3)c1. The van der Waals surface area contributed by atoms with Crippen LogP contribution in [0.1, 0.15) is 48.6 Å². The van der Waals surface area contributed by atoms with Crippen LogP contribution in [0.4, 0.5) is 5.69 Å². The zero-order chi connectivity index (χ0) is 21.7. The van der Waals surface area contributed by atoms with Crippen molar-refractivity contribution >= 4 is 29.5 Å². The minimum absolute atomic E-state index is 0.0447. The highest BCUT2D eigenvalue weighted by atomic mass is 16.5. The number of nitrogens with one attached hydrogen (secondary N) is 1. The van der Waals surface area contributed by atoms with Gasteiger partial charge in [0.1, 0.15) is 0 Å². The number of benzene rings is 2. The van der Waals surface area contributed by atoms with Crippen LogP contribution in [0.15, 0.2) is 36.4 Å². The van der Waals surface area contributed by atoms with Crippen LogP contribution in [-0.2, 0) is 31.8 Å². The second kappa shape index (κ2) is 9.21. The zero-order valence-corrected chi connectivity index (χ0v) is 16.7. The van der Waals surface area contributed by atoms with Crippen LogP contribution >= 0.6 is 0 Å². The first kappa shape index (κ1) is 21.0. The van der Waals surface area contributed by atoms with E-state index in [4.69, 9.17) is 4.74 Å². The Balaban J connectivity index is 1.68. The molecular formula is C22H21NO7. The summed E-state index contributed by atoms with van der Waals surface area (Å²) in [6.07, 6.45) is 2.98. The van der Waals surface area contributed by atoms with E-state index in [1.165, 1.54) is 38.0 Å². The lowest BCUT2D eigenvalue weighted by atomic mass is 10.1. The van der Waals surface area contributed by atoms with Gasteiger partial charge in [-0.05, 0) is 60.7 Å². The Morgan fingerprint density at radius 2 is 1.50 bits per heavy atom. The van der Waals surface area contributed by atoms with Gasteiger partial charge >= 0.3 is 17.9 Å². The fourth-order valence-corrected chi connectivity index (χ4v) is 3.28. The average Bonchev–Trinajstić information content (AvgIpc) is 3.24. The van der Waals surface area contributed by atoms with Crippen molar-refractivity contribution in [2.45, 2.75) is 19.3 Å². The molecule has 1 aliphatic rings. The molecule has 2 aromatic rings. The number of carbonyl (C=O) groups excluding carboxylic acids is 4. The van der Waals surface area contributed by atoms with Crippen molar-refractivity contribution in [2.24, 2.45) is 0 Å². The van der Waals surface area contributed by atoms with Crippen molar-refractivity contribution in [3.05, 3.63) is 64.2 Å². The van der Waals surface area contributed by atoms with E-state index in [1.807, 2.05) is 6.07 Å². The fraction of sp³-hybridized carbons (Fsp3) is 0.273. The van der Waals surface area contributed by atoms with Crippen molar-refractivity contribution in [3.63, 3.8) is 0 Å². The lowest BCUT2D eigenvalue weighted by Gasteiger charge is -2.12. The van der Waals surface area contributed by atoms with Gasteiger partial charge in [0.25, 0.3) is 5.91 Å². The summed E-state index contributed by atoms with van der Waals surface area (Å²) in [5.74, 6) is -2.62. The van der Waals surface area contributed by atoms with Gasteiger partial charge < -0.3 is 19.5 Å². The first-order valence-corrected chi connectivity index (χ1v) is 9.32. The Labute approximate surface area is 173 Å². The molecule has 0 fully saturated rings. The van der Waals surface area contributed by atoms with E-state index in [9.17, 15) is 19.2 Å². The predicted molar refractivity (Wildman–Crippen MR) is 107 cm³/mol. The van der Waals surface area contributed by atoms with Crippen LogP contribution < -0.4 is 5.32 Å². The number of rotatable bonds is 6. The highest BCUT2D eigenvalue weighted by Gasteiger charge is 2.19. The van der Waals surface area contributed by atoms with E-state index in [2.05, 4.69) is 14.8 Å². The molecule has 156 valence electrons. The molecule has 30 heavy (non-hydrogen) atoms. The summed E-state index contributed by atoms with van der Waals surface area (Å²) in [6, 6.07) is 9.38. The smallest absolute Gasteiger partial charge is 0.339 e. The minimum Gasteiger partial charge on any atom is -0.465 e. The number of methoxy groups -OCH3 is 2. The van der Waals surface area contributed by atoms with Crippen LogP contribution in [0.2, 0.25) is 0 Å². The number of aryl methyl sites for hydroxylation is 2. The number of hydrogen-bond donors (Lipinski definition) is 1. The predicted octanol–water partition coefficient (Wildman–Crippen LogP) is 2.54. The maximum Gasteiger partial charge on any atom is 0.339 e. The maximum absolute atomic E-state index is 12.3. The topological polar surface area (TPSA) is 108 Å². The highest BCUT2D eigenvalue weighted by molar-refractivity contribution is 6.04. The molecular weight excluding hydrogens is 390 g/mol. The lowest BCUT2D eigenvalue weighted by molar-refractivity contribution is -0.119. The van der Waals surface area contributed by atoms with Crippen LogP contribution in [0.25, 0.3) is 0 Å². The second-order valence-electron chi connectivity index (χ2n) is 6.70. The molecule has 3 rings (SSSR count). The Bertz CT molecular complexity index is 1010. The van der Waals surface area contributed by atoms with Gasteiger partial charge in [-0.15, -0.1) is 0 Å². The quantitative estimate of drug-likeness (QED) is 0.575. The Morgan fingerprint density at radius 1 is 0.833 bits per heavy atom. The van der Waals surface area contributed by atoms with Crippen molar-refractivity contribution < 1.29 is 33.4 Å². The van der Waals surface area contributed by atoms with Gasteiger partial charge in [0, 0.05) is 0 Å². The lowest BCUT2D eigenvalue weighted by Crippen LogP contribution is -2.22. The van der Waals surface area contributed by atoms with Crippen molar-refractivity contribution in [1.82, 2.24) is 0 Å². The number of ether oxygens (including phenoxy) is 3. The summed E-state index contributed by atoms with van der Waals surface area (Å²) in [5, 5.41) is 2.47. The molecule has 0 unspecified atom stereocenters. The monoisotopic (exact) mass is 411 g/mol. The average molecular weight is 411 g/mol. The van der Waals surface area contributed by atoms with Crippen LogP contribution in [0, 0.1) is 0 Å². The zero-order valence-electron chi connectivity index (χ0n) is 16.7. The number of amides is 1. The standard InChI is InChI=1S/C22H21NO7/c1-28-20(25)16-8-9-17(22(27)29-2)18(11-16)23-19(24)12-30-21(26)15-7-6-13-4-3-5-14(13)10-15/h6-11H,3-5,12H2,1-2H3,(H,23,24). The van der Waals surface area contributed by atoms with Gasteiger partial charge in [0.05, 0.1) is 36.6 Å². The van der Waals surface area contributed by atoms with E-state index in [0.717, 1.165) is 24.8 Å². The Kier molecular flexibility index (Phi) is 6.46. The van der Waals surface area contributed by atoms with Crippen molar-refractivity contribution in [1.29, 1.82) is 0 Å². The van der Waals surface area contributed by atoms with Gasteiger partial charge in [-0.25, -0.2) is 14.4 Å². The largest absolute Gasteiger partial charge is 0.465 e. The normalized spacial score (nSPS) is 11.9. The first-order chi connectivity index (χ1) is 14.4. The highest BCUT2D eigenvalue weighted by Crippen LogP contribution is 2.23. The van der Waals surface area contributed by atoms with E-state index in [0.29, 0.717) is 5.56 Å². The van der Waals surface area contributed by atoms with Crippen molar-refractivity contribution in [2.75, 3.05) is 26.1 Å². The van der Waals surface area contributed by atoms with Crippen LogP contribution in [-0.4, -0.2) is 44.6 Å². The summed E-state index contributed by atoms with van der Waals surface area (Å²) < 4.78 is 14.4. The molecule has 8 nitrogen and oxygen atoms in total. The minimum atomic E-state index is -0.697. The van der Waals surface area contributed by atoms with Gasteiger partial charge in [-0.1, -0.05) is 6.07 Å². The second-order valence-corrected chi connectivity index (χ2v) is 6.70. The molecule has 0 atom stereocenters. The Morgan fingerprint density at radius 3 is 2.23 bits per heavy atom. The molecule has 1 amide bonds. The number of esters is 3. The van der Waals surface area contributed by atoms with Crippen LogP contribution in [0.5, 0.6) is 0 Å². The van der Waals surface area contributed by atoms with Crippen molar-refractivity contribution in [3.8, 4) is 0 Å².